The number of sulfone groups is 1. The minimum absolute atomic E-state index is 0.00287. The molecule has 0 spiro atoms. The number of fused-ring (bicyclic) bond motifs is 1. The highest BCUT2D eigenvalue weighted by molar-refractivity contribution is 7.98. The van der Waals surface area contributed by atoms with Gasteiger partial charge in [-0.15, -0.1) is 0 Å². The van der Waals surface area contributed by atoms with Crippen LogP contribution in [0, 0.1) is 11.8 Å². The number of hydrogen-bond donors (Lipinski definition) is 1. The maximum atomic E-state index is 12.5. The van der Waals surface area contributed by atoms with Gasteiger partial charge in [0.2, 0.25) is 11.8 Å². The van der Waals surface area contributed by atoms with Crippen molar-refractivity contribution in [1.82, 2.24) is 9.80 Å². The number of hydrogen-bond acceptors (Lipinski definition) is 6. The molecule has 3 heterocycles. The Balaban J connectivity index is 1.53. The predicted molar refractivity (Wildman–Crippen MR) is 96.0 cm³/mol. The molecule has 3 fully saturated rings. The highest BCUT2D eigenvalue weighted by Gasteiger charge is 2.48. The normalized spacial score (nSPS) is 29.4. The fourth-order valence-electron chi connectivity index (χ4n) is 4.07. The molecular formula is C16H26N2O5S2. The van der Waals surface area contributed by atoms with E-state index in [1.165, 1.54) is 0 Å². The zero-order chi connectivity index (χ0) is 18.2. The number of rotatable bonds is 6. The molecule has 0 bridgehead atoms. The molecule has 3 aliphatic heterocycles. The lowest BCUT2D eigenvalue weighted by Crippen LogP contribution is -2.51. The number of thioether (sulfide) groups is 1. The van der Waals surface area contributed by atoms with Gasteiger partial charge in [-0.25, -0.2) is 8.42 Å². The fourth-order valence-corrected chi connectivity index (χ4v) is 5.99. The van der Waals surface area contributed by atoms with E-state index in [-0.39, 0.29) is 41.7 Å². The summed E-state index contributed by atoms with van der Waals surface area (Å²) in [4.78, 5) is 28.5. The van der Waals surface area contributed by atoms with Crippen LogP contribution in [0.1, 0.15) is 19.3 Å². The first-order chi connectivity index (χ1) is 11.8. The molecule has 25 heavy (non-hydrogen) atoms. The summed E-state index contributed by atoms with van der Waals surface area (Å²) in [5.74, 6) is 0.494. The molecule has 9 heteroatoms. The third-order valence-corrected chi connectivity index (χ3v) is 7.97. The Morgan fingerprint density at radius 2 is 2.00 bits per heavy atom. The Bertz CT molecular complexity index is 626. The number of carbonyl (C=O) groups excluding carboxylic acids is 2. The lowest BCUT2D eigenvalue weighted by molar-refractivity contribution is -0.137. The maximum absolute atomic E-state index is 12.5. The second kappa shape index (κ2) is 7.44. The molecule has 2 amide bonds. The largest absolute Gasteiger partial charge is 0.393 e. The number of carbonyl (C=O) groups is 2. The van der Waals surface area contributed by atoms with Gasteiger partial charge in [0.05, 0.1) is 36.0 Å². The summed E-state index contributed by atoms with van der Waals surface area (Å²) in [5.41, 5.74) is 0. The van der Waals surface area contributed by atoms with Gasteiger partial charge in [0, 0.05) is 25.6 Å². The quantitative estimate of drug-likeness (QED) is 0.663. The topological polar surface area (TPSA) is 95.0 Å². The van der Waals surface area contributed by atoms with Gasteiger partial charge in [-0.1, -0.05) is 0 Å². The molecule has 1 N–H and O–H groups in total. The van der Waals surface area contributed by atoms with E-state index in [0.717, 1.165) is 12.2 Å². The molecule has 3 saturated heterocycles. The summed E-state index contributed by atoms with van der Waals surface area (Å²) >= 11 is 1.64. The van der Waals surface area contributed by atoms with Crippen molar-refractivity contribution in [2.24, 2.45) is 11.8 Å². The van der Waals surface area contributed by atoms with Crippen LogP contribution in [0.15, 0.2) is 0 Å². The van der Waals surface area contributed by atoms with E-state index in [4.69, 9.17) is 0 Å². The van der Waals surface area contributed by atoms with Gasteiger partial charge in [-0.05, 0) is 24.9 Å². The molecule has 0 aromatic rings. The highest BCUT2D eigenvalue weighted by atomic mass is 32.2. The Morgan fingerprint density at radius 1 is 1.28 bits per heavy atom. The van der Waals surface area contributed by atoms with E-state index in [9.17, 15) is 23.1 Å². The minimum Gasteiger partial charge on any atom is -0.393 e. The van der Waals surface area contributed by atoms with Crippen LogP contribution in [0.3, 0.4) is 0 Å². The maximum Gasteiger partial charge on any atom is 0.228 e. The molecule has 142 valence electrons. The number of nitrogens with zero attached hydrogens (tertiary/aromatic N) is 2. The van der Waals surface area contributed by atoms with Gasteiger partial charge in [-0.2, -0.15) is 11.8 Å². The monoisotopic (exact) mass is 390 g/mol. The standard InChI is InChI=1S/C16H26N2O5S2/c1-24-5-3-13(19)6-15(20)17-7-11-2-4-18(14(11)8-17)16(21)12-9-25(22,23)10-12/h11-14,19H,2-10H2,1H3/t11-,13-,14+/m0/s1. The third kappa shape index (κ3) is 4.14. The molecule has 7 nitrogen and oxygen atoms in total. The van der Waals surface area contributed by atoms with Crippen LogP contribution in [-0.4, -0.2) is 90.4 Å². The van der Waals surface area contributed by atoms with Gasteiger partial charge in [-0.3, -0.25) is 9.59 Å². The molecule has 3 atom stereocenters. The van der Waals surface area contributed by atoms with Crippen LogP contribution < -0.4 is 0 Å². The van der Waals surface area contributed by atoms with Crippen molar-refractivity contribution in [3.63, 3.8) is 0 Å². The lowest BCUT2D eigenvalue weighted by Gasteiger charge is -2.32. The first kappa shape index (κ1) is 19.0. The van der Waals surface area contributed by atoms with Crippen LogP contribution in [0.25, 0.3) is 0 Å². The van der Waals surface area contributed by atoms with E-state index < -0.39 is 21.9 Å². The molecule has 0 aromatic carbocycles. The molecule has 3 rings (SSSR count). The summed E-state index contributed by atoms with van der Waals surface area (Å²) in [6.07, 6.45) is 2.95. The second-order valence-electron chi connectivity index (χ2n) is 7.36. The smallest absolute Gasteiger partial charge is 0.228 e. The molecule has 0 unspecified atom stereocenters. The number of amides is 2. The van der Waals surface area contributed by atoms with Crippen molar-refractivity contribution in [2.75, 3.05) is 43.1 Å². The Hall–Kier alpha value is -0.800. The highest BCUT2D eigenvalue weighted by Crippen LogP contribution is 2.34. The minimum atomic E-state index is -3.01. The van der Waals surface area contributed by atoms with Crippen molar-refractivity contribution in [2.45, 2.75) is 31.4 Å². The van der Waals surface area contributed by atoms with Crippen LogP contribution in [-0.2, 0) is 19.4 Å². The van der Waals surface area contributed by atoms with Gasteiger partial charge >= 0.3 is 0 Å². The van der Waals surface area contributed by atoms with E-state index in [0.29, 0.717) is 26.1 Å². The van der Waals surface area contributed by atoms with Gasteiger partial charge in [0.25, 0.3) is 0 Å². The van der Waals surface area contributed by atoms with E-state index in [1.807, 2.05) is 6.26 Å². The van der Waals surface area contributed by atoms with Crippen LogP contribution in [0.5, 0.6) is 0 Å². The third-order valence-electron chi connectivity index (χ3n) is 5.51. The van der Waals surface area contributed by atoms with Gasteiger partial charge in [0.15, 0.2) is 9.84 Å². The molecule has 0 aromatic heterocycles. The first-order valence-electron chi connectivity index (χ1n) is 8.76. The first-order valence-corrected chi connectivity index (χ1v) is 12.0. The summed E-state index contributed by atoms with van der Waals surface area (Å²) in [7, 11) is -3.01. The fraction of sp³-hybridized carbons (Fsp3) is 0.875. The zero-order valence-electron chi connectivity index (χ0n) is 14.5. The molecular weight excluding hydrogens is 364 g/mol. The zero-order valence-corrected chi connectivity index (χ0v) is 16.1. The van der Waals surface area contributed by atoms with Crippen molar-refractivity contribution >= 4 is 33.4 Å². The number of likely N-dealkylation sites (tertiary alicyclic amines) is 2. The molecule has 0 radical (unpaired) electrons. The van der Waals surface area contributed by atoms with Crippen LogP contribution >= 0.6 is 11.8 Å². The van der Waals surface area contributed by atoms with Crippen molar-refractivity contribution < 1.29 is 23.1 Å². The van der Waals surface area contributed by atoms with Crippen LogP contribution in [0.2, 0.25) is 0 Å². The van der Waals surface area contributed by atoms with Crippen molar-refractivity contribution in [1.29, 1.82) is 0 Å². The van der Waals surface area contributed by atoms with E-state index >= 15 is 0 Å². The second-order valence-corrected chi connectivity index (χ2v) is 10.5. The SMILES string of the molecule is CSCC[C@H](O)CC(=O)N1C[C@@H]2CCN(C(=O)C3CS(=O)(=O)C3)[C@@H]2C1. The Morgan fingerprint density at radius 3 is 2.64 bits per heavy atom. The summed E-state index contributed by atoms with van der Waals surface area (Å²) in [6, 6.07) is 0.00287. The van der Waals surface area contributed by atoms with Crippen molar-refractivity contribution in [3.8, 4) is 0 Å². The van der Waals surface area contributed by atoms with Crippen molar-refractivity contribution in [3.05, 3.63) is 0 Å². The number of aliphatic hydroxyl groups excluding tert-OH is 1. The molecule has 3 aliphatic rings. The summed E-state index contributed by atoms with van der Waals surface area (Å²) in [6.45, 7) is 1.79. The van der Waals surface area contributed by atoms with Gasteiger partial charge < -0.3 is 14.9 Å². The Labute approximate surface area is 153 Å². The lowest BCUT2D eigenvalue weighted by atomic mass is 10.0. The molecule has 0 saturated carbocycles. The van der Waals surface area contributed by atoms with Gasteiger partial charge in [0.1, 0.15) is 0 Å². The average molecular weight is 391 g/mol. The number of aliphatic hydroxyl groups is 1. The molecule has 0 aliphatic carbocycles. The van der Waals surface area contributed by atoms with E-state index in [2.05, 4.69) is 0 Å². The predicted octanol–water partition coefficient (Wildman–Crippen LogP) is -0.406. The summed E-state index contributed by atoms with van der Waals surface area (Å²) in [5, 5.41) is 9.93. The van der Waals surface area contributed by atoms with E-state index in [1.54, 1.807) is 21.6 Å². The average Bonchev–Trinajstić information content (AvgIpc) is 3.10. The Kier molecular flexibility index (Phi) is 5.65. The van der Waals surface area contributed by atoms with Crippen LogP contribution in [0.4, 0.5) is 0 Å². The summed E-state index contributed by atoms with van der Waals surface area (Å²) < 4.78 is 22.6.